The summed E-state index contributed by atoms with van der Waals surface area (Å²) in [5.41, 5.74) is 5.39. The van der Waals surface area contributed by atoms with Gasteiger partial charge >= 0.3 is 5.97 Å². The van der Waals surface area contributed by atoms with E-state index in [1.54, 1.807) is 0 Å². The van der Waals surface area contributed by atoms with Gasteiger partial charge in [-0.2, -0.15) is 4.31 Å². The van der Waals surface area contributed by atoms with Crippen LogP contribution in [0.25, 0.3) is 0 Å². The van der Waals surface area contributed by atoms with Crippen LogP contribution in [0.2, 0.25) is 0 Å². The van der Waals surface area contributed by atoms with Crippen LogP contribution in [-0.2, 0) is 19.6 Å². The number of thiocarbonyl (C=S) groups is 1. The number of methoxy groups -OCH3 is 1. The zero-order chi connectivity index (χ0) is 13.9. The van der Waals surface area contributed by atoms with Gasteiger partial charge in [-0.25, -0.2) is 8.42 Å². The molecule has 0 spiro atoms. The second-order valence-corrected chi connectivity index (χ2v) is 6.91. The normalized spacial score (nSPS) is 23.3. The van der Waals surface area contributed by atoms with Gasteiger partial charge in [-0.3, -0.25) is 4.79 Å². The molecular weight excluding hydrogens is 276 g/mol. The van der Waals surface area contributed by atoms with Crippen LogP contribution in [0.1, 0.15) is 26.2 Å². The number of nitrogens with two attached hydrogens (primary N) is 1. The molecule has 0 aromatic rings. The number of piperidine rings is 1. The van der Waals surface area contributed by atoms with Gasteiger partial charge in [0.05, 0.1) is 12.1 Å². The van der Waals surface area contributed by atoms with Crippen LogP contribution in [-0.4, -0.2) is 48.6 Å². The third-order valence-electron chi connectivity index (χ3n) is 3.10. The summed E-state index contributed by atoms with van der Waals surface area (Å²) in [6.07, 6.45) is 1.99. The van der Waals surface area contributed by atoms with Crippen molar-refractivity contribution >= 4 is 33.2 Å². The van der Waals surface area contributed by atoms with Gasteiger partial charge in [-0.1, -0.05) is 12.2 Å². The summed E-state index contributed by atoms with van der Waals surface area (Å²) >= 11 is 4.72. The topological polar surface area (TPSA) is 89.7 Å². The molecule has 1 aliphatic heterocycles. The van der Waals surface area contributed by atoms with Crippen LogP contribution in [0.3, 0.4) is 0 Å². The van der Waals surface area contributed by atoms with Crippen molar-refractivity contribution in [1.82, 2.24) is 4.31 Å². The molecule has 104 valence electrons. The number of sulfonamides is 1. The van der Waals surface area contributed by atoms with Crippen LogP contribution in [0.15, 0.2) is 0 Å². The highest BCUT2D eigenvalue weighted by atomic mass is 32.2. The van der Waals surface area contributed by atoms with Gasteiger partial charge in [0.2, 0.25) is 10.0 Å². The lowest BCUT2D eigenvalue weighted by atomic mass is 10.1. The number of nitrogens with zero attached hydrogens (tertiary/aromatic N) is 1. The van der Waals surface area contributed by atoms with Crippen LogP contribution in [0, 0.1) is 0 Å². The minimum Gasteiger partial charge on any atom is -0.468 e. The Bertz CT molecular complexity index is 435. The van der Waals surface area contributed by atoms with Crippen molar-refractivity contribution in [3.05, 3.63) is 0 Å². The van der Waals surface area contributed by atoms with Gasteiger partial charge in [0.1, 0.15) is 11.3 Å². The van der Waals surface area contributed by atoms with Gasteiger partial charge < -0.3 is 10.5 Å². The average Bonchev–Trinajstić information content (AvgIpc) is 2.36. The molecule has 1 heterocycles. The molecule has 2 N–H and O–H groups in total. The highest BCUT2D eigenvalue weighted by Crippen LogP contribution is 2.23. The first-order chi connectivity index (χ1) is 8.32. The summed E-state index contributed by atoms with van der Waals surface area (Å²) in [5, 5.41) is -0.974. The molecule has 0 bridgehead atoms. The van der Waals surface area contributed by atoms with E-state index >= 15 is 0 Å². The summed E-state index contributed by atoms with van der Waals surface area (Å²) in [4.78, 5) is 11.5. The maximum absolute atomic E-state index is 12.3. The van der Waals surface area contributed by atoms with Crippen molar-refractivity contribution in [2.45, 2.75) is 37.5 Å². The number of rotatable bonds is 4. The quantitative estimate of drug-likeness (QED) is 0.580. The zero-order valence-corrected chi connectivity index (χ0v) is 12.1. The van der Waals surface area contributed by atoms with Gasteiger partial charge in [-0.15, -0.1) is 0 Å². The lowest BCUT2D eigenvalue weighted by Crippen LogP contribution is -2.52. The standard InChI is InChI=1S/C10H18N2O4S2/c1-7(9(11)17)18(14,15)12-6-4-3-5-8(12)10(13)16-2/h7-8H,3-6H2,1-2H3,(H2,11,17). The van der Waals surface area contributed by atoms with Crippen LogP contribution in [0.4, 0.5) is 0 Å². The molecule has 18 heavy (non-hydrogen) atoms. The smallest absolute Gasteiger partial charge is 0.324 e. The first-order valence-corrected chi connectivity index (χ1v) is 7.61. The Kier molecular flexibility index (Phi) is 5.06. The summed E-state index contributed by atoms with van der Waals surface area (Å²) in [5.74, 6) is -0.534. The van der Waals surface area contributed by atoms with E-state index in [-0.39, 0.29) is 4.99 Å². The lowest BCUT2D eigenvalue weighted by molar-refractivity contribution is -0.146. The van der Waals surface area contributed by atoms with Crippen molar-refractivity contribution in [3.8, 4) is 0 Å². The Morgan fingerprint density at radius 1 is 1.50 bits per heavy atom. The maximum atomic E-state index is 12.3. The van der Waals surface area contributed by atoms with E-state index in [2.05, 4.69) is 4.74 Å². The Morgan fingerprint density at radius 2 is 2.11 bits per heavy atom. The largest absolute Gasteiger partial charge is 0.468 e. The lowest BCUT2D eigenvalue weighted by Gasteiger charge is -2.34. The van der Waals surface area contributed by atoms with E-state index in [0.717, 1.165) is 12.8 Å². The van der Waals surface area contributed by atoms with Crippen molar-refractivity contribution in [2.75, 3.05) is 13.7 Å². The summed E-state index contributed by atoms with van der Waals surface area (Å²) in [6, 6.07) is -0.759. The molecule has 0 saturated carbocycles. The first-order valence-electron chi connectivity index (χ1n) is 5.70. The van der Waals surface area contributed by atoms with E-state index in [1.165, 1.54) is 18.3 Å². The molecule has 1 fully saturated rings. The highest BCUT2D eigenvalue weighted by molar-refractivity contribution is 7.92. The molecule has 6 nitrogen and oxygen atoms in total. The van der Waals surface area contributed by atoms with Crippen molar-refractivity contribution in [3.63, 3.8) is 0 Å². The van der Waals surface area contributed by atoms with Crippen LogP contribution >= 0.6 is 12.2 Å². The maximum Gasteiger partial charge on any atom is 0.324 e. The molecule has 1 aliphatic rings. The average molecular weight is 294 g/mol. The number of carbonyl (C=O) groups is 1. The Balaban J connectivity index is 3.03. The van der Waals surface area contributed by atoms with Crippen molar-refractivity contribution < 1.29 is 17.9 Å². The van der Waals surface area contributed by atoms with Gasteiger partial charge in [0, 0.05) is 6.54 Å². The summed E-state index contributed by atoms with van der Waals surface area (Å²) < 4.78 is 30.4. The third kappa shape index (κ3) is 2.99. The number of hydrogen-bond acceptors (Lipinski definition) is 5. The van der Waals surface area contributed by atoms with Gasteiger partial charge in [0.25, 0.3) is 0 Å². The number of carbonyl (C=O) groups excluding carboxylic acids is 1. The number of hydrogen-bond donors (Lipinski definition) is 1. The van der Waals surface area contributed by atoms with E-state index in [4.69, 9.17) is 18.0 Å². The Morgan fingerprint density at radius 3 is 2.61 bits per heavy atom. The number of esters is 1. The molecule has 2 unspecified atom stereocenters. The third-order valence-corrected chi connectivity index (χ3v) is 5.84. The zero-order valence-electron chi connectivity index (χ0n) is 10.5. The molecular formula is C10H18N2O4S2. The molecule has 0 aromatic heterocycles. The van der Waals surface area contributed by atoms with Crippen LogP contribution in [0.5, 0.6) is 0 Å². The Labute approximate surface area is 113 Å². The van der Waals surface area contributed by atoms with Crippen molar-refractivity contribution in [2.24, 2.45) is 5.73 Å². The minimum absolute atomic E-state index is 0.0933. The molecule has 0 aliphatic carbocycles. The molecule has 0 amide bonds. The molecule has 2 atom stereocenters. The monoisotopic (exact) mass is 294 g/mol. The molecule has 1 saturated heterocycles. The van der Waals surface area contributed by atoms with Crippen molar-refractivity contribution in [1.29, 1.82) is 0 Å². The van der Waals surface area contributed by atoms with Crippen LogP contribution < -0.4 is 5.73 Å². The summed E-state index contributed by atoms with van der Waals surface area (Å²) in [7, 11) is -2.45. The SMILES string of the molecule is COC(=O)C1CCCCN1S(=O)(=O)C(C)C(N)=S. The summed E-state index contributed by atoms with van der Waals surface area (Å²) in [6.45, 7) is 1.73. The second-order valence-electron chi connectivity index (χ2n) is 4.23. The second kappa shape index (κ2) is 5.94. The van der Waals surface area contributed by atoms with Gasteiger partial charge in [0.15, 0.2) is 0 Å². The number of ether oxygens (including phenoxy) is 1. The predicted octanol–water partition coefficient (Wildman–Crippen LogP) is 0.0183. The van der Waals surface area contributed by atoms with E-state index in [0.29, 0.717) is 13.0 Å². The van der Waals surface area contributed by atoms with E-state index in [9.17, 15) is 13.2 Å². The fraction of sp³-hybridized carbons (Fsp3) is 0.800. The minimum atomic E-state index is -3.70. The highest BCUT2D eigenvalue weighted by Gasteiger charge is 2.40. The molecule has 0 aromatic carbocycles. The fourth-order valence-electron chi connectivity index (χ4n) is 1.93. The molecule has 1 rings (SSSR count). The Hall–Kier alpha value is -0.730. The van der Waals surface area contributed by atoms with E-state index in [1.807, 2.05) is 0 Å². The molecule has 0 radical (unpaired) electrons. The van der Waals surface area contributed by atoms with E-state index < -0.39 is 27.3 Å². The van der Waals surface area contributed by atoms with Gasteiger partial charge in [-0.05, 0) is 26.2 Å². The first kappa shape index (κ1) is 15.3. The fourth-order valence-corrected chi connectivity index (χ4v) is 3.93. The predicted molar refractivity (Wildman–Crippen MR) is 71.5 cm³/mol. The molecule has 8 heteroatoms.